The highest BCUT2D eigenvalue weighted by atomic mass is 14.9. The zero-order valence-electron chi connectivity index (χ0n) is 9.38. The predicted molar refractivity (Wildman–Crippen MR) is 58.1 cm³/mol. The van der Waals surface area contributed by atoms with Gasteiger partial charge in [0.2, 0.25) is 0 Å². The van der Waals surface area contributed by atoms with Crippen LogP contribution in [-0.4, -0.2) is 9.97 Å². The zero-order chi connectivity index (χ0) is 10.2. The number of aromatic amines is 1. The van der Waals surface area contributed by atoms with Crippen LogP contribution in [0.3, 0.4) is 0 Å². The second kappa shape index (κ2) is 3.41. The first-order valence-electron chi connectivity index (χ1n) is 5.55. The van der Waals surface area contributed by atoms with E-state index in [1.54, 1.807) is 6.33 Å². The van der Waals surface area contributed by atoms with Crippen molar-refractivity contribution in [2.45, 2.75) is 46.0 Å². The molecule has 0 aliphatic heterocycles. The molecular weight excluding hydrogens is 172 g/mol. The first kappa shape index (κ1) is 9.75. The Morgan fingerprint density at radius 3 is 2.86 bits per heavy atom. The third-order valence-electron chi connectivity index (χ3n) is 3.09. The van der Waals surface area contributed by atoms with Crippen LogP contribution in [0.5, 0.6) is 0 Å². The summed E-state index contributed by atoms with van der Waals surface area (Å²) in [4.78, 5) is 7.35. The molecule has 2 nitrogen and oxygen atoms in total. The van der Waals surface area contributed by atoms with Crippen LogP contribution in [0.4, 0.5) is 0 Å². The van der Waals surface area contributed by atoms with Crippen molar-refractivity contribution in [3.63, 3.8) is 0 Å². The lowest BCUT2D eigenvalue weighted by Gasteiger charge is -2.17. The van der Waals surface area contributed by atoms with E-state index in [0.29, 0.717) is 5.41 Å². The normalized spacial score (nSPS) is 26.5. The average molecular weight is 192 g/mol. The summed E-state index contributed by atoms with van der Waals surface area (Å²) in [6.45, 7) is 6.96. The summed E-state index contributed by atoms with van der Waals surface area (Å²) >= 11 is 0. The highest BCUT2D eigenvalue weighted by molar-refractivity contribution is 5.14. The molecule has 2 rings (SSSR count). The molecule has 0 bridgehead atoms. The van der Waals surface area contributed by atoms with Crippen LogP contribution in [0, 0.1) is 11.3 Å². The molecule has 14 heavy (non-hydrogen) atoms. The zero-order valence-corrected chi connectivity index (χ0v) is 9.38. The third-order valence-corrected chi connectivity index (χ3v) is 3.09. The van der Waals surface area contributed by atoms with E-state index in [0.717, 1.165) is 11.8 Å². The number of hydrogen-bond donors (Lipinski definition) is 1. The second-order valence-corrected chi connectivity index (χ2v) is 5.70. The van der Waals surface area contributed by atoms with E-state index >= 15 is 0 Å². The van der Waals surface area contributed by atoms with E-state index in [-0.39, 0.29) is 0 Å². The summed E-state index contributed by atoms with van der Waals surface area (Å²) in [5.41, 5.74) is 1.75. The number of nitrogens with zero attached hydrogens (tertiary/aromatic N) is 1. The number of H-pyrrole nitrogens is 1. The van der Waals surface area contributed by atoms with Gasteiger partial charge in [0.05, 0.1) is 12.0 Å². The van der Waals surface area contributed by atoms with Gasteiger partial charge in [-0.25, -0.2) is 4.98 Å². The molecule has 78 valence electrons. The predicted octanol–water partition coefficient (Wildman–Crippen LogP) is 3.34. The van der Waals surface area contributed by atoms with Gasteiger partial charge in [0, 0.05) is 12.1 Å². The van der Waals surface area contributed by atoms with Crippen molar-refractivity contribution in [3.8, 4) is 0 Å². The minimum absolute atomic E-state index is 0.485. The number of imidazole rings is 1. The van der Waals surface area contributed by atoms with Gasteiger partial charge in [-0.1, -0.05) is 20.8 Å². The van der Waals surface area contributed by atoms with E-state index in [1.807, 2.05) is 6.20 Å². The fourth-order valence-electron chi connectivity index (χ4n) is 2.02. The summed E-state index contributed by atoms with van der Waals surface area (Å²) in [6.07, 6.45) is 7.87. The molecule has 1 aliphatic rings. The second-order valence-electron chi connectivity index (χ2n) is 5.70. The molecule has 2 heteroatoms. The fourth-order valence-corrected chi connectivity index (χ4v) is 2.02. The van der Waals surface area contributed by atoms with E-state index in [4.69, 9.17) is 0 Å². The Hall–Kier alpha value is -0.790. The maximum absolute atomic E-state index is 4.32. The molecule has 0 radical (unpaired) electrons. The van der Waals surface area contributed by atoms with Crippen LogP contribution in [0.25, 0.3) is 0 Å². The van der Waals surface area contributed by atoms with E-state index in [2.05, 4.69) is 30.7 Å². The Balaban J connectivity index is 1.78. The molecule has 0 saturated heterocycles. The third kappa shape index (κ3) is 2.37. The van der Waals surface area contributed by atoms with Crippen molar-refractivity contribution in [1.82, 2.24) is 9.97 Å². The van der Waals surface area contributed by atoms with Gasteiger partial charge in [0.25, 0.3) is 0 Å². The maximum Gasteiger partial charge on any atom is 0.0923 e. The number of aromatic nitrogens is 2. The van der Waals surface area contributed by atoms with Crippen LogP contribution in [-0.2, 0) is 0 Å². The van der Waals surface area contributed by atoms with Gasteiger partial charge in [-0.05, 0) is 30.6 Å². The van der Waals surface area contributed by atoms with E-state index in [1.165, 1.54) is 25.0 Å². The Morgan fingerprint density at radius 2 is 2.29 bits per heavy atom. The van der Waals surface area contributed by atoms with Crippen LogP contribution in [0.1, 0.15) is 51.6 Å². The van der Waals surface area contributed by atoms with Crippen LogP contribution in [0.2, 0.25) is 0 Å². The standard InChI is InChI=1S/C12H20N2/c1-12(2,3)5-4-9-6-10(9)11-7-13-8-14-11/h7-10H,4-6H2,1-3H3,(H,13,14)/t9-,10-/m1/s1. The van der Waals surface area contributed by atoms with Crippen LogP contribution < -0.4 is 0 Å². The summed E-state index contributed by atoms with van der Waals surface area (Å²) in [5, 5.41) is 0. The lowest BCUT2D eigenvalue weighted by atomic mass is 9.89. The van der Waals surface area contributed by atoms with Gasteiger partial charge in [-0.2, -0.15) is 0 Å². The number of hydrogen-bond acceptors (Lipinski definition) is 1. The van der Waals surface area contributed by atoms with Crippen molar-refractivity contribution in [2.75, 3.05) is 0 Å². The Morgan fingerprint density at radius 1 is 1.50 bits per heavy atom. The van der Waals surface area contributed by atoms with Gasteiger partial charge in [0.15, 0.2) is 0 Å². The van der Waals surface area contributed by atoms with E-state index in [9.17, 15) is 0 Å². The van der Waals surface area contributed by atoms with Crippen molar-refractivity contribution in [2.24, 2.45) is 11.3 Å². The Kier molecular flexibility index (Phi) is 2.38. The van der Waals surface area contributed by atoms with Crippen LogP contribution in [0.15, 0.2) is 12.5 Å². The number of rotatable bonds is 3. The molecule has 1 aromatic heterocycles. The first-order valence-corrected chi connectivity index (χ1v) is 5.55. The van der Waals surface area contributed by atoms with E-state index < -0.39 is 0 Å². The van der Waals surface area contributed by atoms with Gasteiger partial charge < -0.3 is 4.98 Å². The van der Waals surface area contributed by atoms with Crippen molar-refractivity contribution in [3.05, 3.63) is 18.2 Å². The molecule has 0 aromatic carbocycles. The molecule has 1 N–H and O–H groups in total. The number of nitrogens with one attached hydrogen (secondary N) is 1. The summed E-state index contributed by atoms with van der Waals surface area (Å²) in [6, 6.07) is 0. The topological polar surface area (TPSA) is 28.7 Å². The monoisotopic (exact) mass is 192 g/mol. The lowest BCUT2D eigenvalue weighted by Crippen LogP contribution is -2.04. The molecule has 2 atom stereocenters. The quantitative estimate of drug-likeness (QED) is 0.781. The van der Waals surface area contributed by atoms with Gasteiger partial charge in [0.1, 0.15) is 0 Å². The highest BCUT2D eigenvalue weighted by Gasteiger charge is 2.39. The maximum atomic E-state index is 4.32. The Labute approximate surface area is 86.1 Å². The SMILES string of the molecule is CC(C)(C)CC[C@@H]1C[C@H]1c1c[nH]cn1. The van der Waals surface area contributed by atoms with Gasteiger partial charge in [-0.3, -0.25) is 0 Å². The molecule has 0 amide bonds. The minimum Gasteiger partial charge on any atom is -0.351 e. The molecule has 1 fully saturated rings. The summed E-state index contributed by atoms with van der Waals surface area (Å²) in [5.74, 6) is 1.65. The molecule has 1 saturated carbocycles. The van der Waals surface area contributed by atoms with Gasteiger partial charge >= 0.3 is 0 Å². The van der Waals surface area contributed by atoms with Crippen LogP contribution >= 0.6 is 0 Å². The molecule has 1 aromatic rings. The molecule has 1 aliphatic carbocycles. The molecule has 0 spiro atoms. The first-order chi connectivity index (χ1) is 6.56. The van der Waals surface area contributed by atoms with Crippen molar-refractivity contribution in [1.29, 1.82) is 0 Å². The molecule has 1 heterocycles. The lowest BCUT2D eigenvalue weighted by molar-refractivity contribution is 0.353. The summed E-state index contributed by atoms with van der Waals surface area (Å²) in [7, 11) is 0. The average Bonchev–Trinajstić information content (AvgIpc) is 2.65. The Bertz CT molecular complexity index is 282. The highest BCUT2D eigenvalue weighted by Crippen LogP contribution is 2.50. The van der Waals surface area contributed by atoms with Gasteiger partial charge in [-0.15, -0.1) is 0 Å². The largest absolute Gasteiger partial charge is 0.351 e. The minimum atomic E-state index is 0.485. The van der Waals surface area contributed by atoms with Crippen molar-refractivity contribution >= 4 is 0 Å². The fraction of sp³-hybridized carbons (Fsp3) is 0.750. The summed E-state index contributed by atoms with van der Waals surface area (Å²) < 4.78 is 0. The molecule has 0 unspecified atom stereocenters. The molecular formula is C12H20N2. The smallest absolute Gasteiger partial charge is 0.0923 e. The van der Waals surface area contributed by atoms with Crippen molar-refractivity contribution < 1.29 is 0 Å².